The Balaban J connectivity index is 1.68. The summed E-state index contributed by atoms with van der Waals surface area (Å²) in [6.07, 6.45) is 5.10. The molecule has 0 aliphatic carbocycles. The number of likely N-dealkylation sites (tertiary alicyclic amines) is 1. The molecule has 0 atom stereocenters. The molecule has 3 rings (SSSR count). The molecule has 1 amide bonds. The van der Waals surface area contributed by atoms with Gasteiger partial charge in [0.15, 0.2) is 9.84 Å². The van der Waals surface area contributed by atoms with E-state index < -0.39 is 15.7 Å². The number of carbonyl (C=O) groups is 1. The van der Waals surface area contributed by atoms with Crippen molar-refractivity contribution in [1.82, 2.24) is 14.9 Å². The first kappa shape index (κ1) is 22.9. The van der Waals surface area contributed by atoms with Crippen molar-refractivity contribution in [3.63, 3.8) is 0 Å². The fourth-order valence-electron chi connectivity index (χ4n) is 3.39. The topological polar surface area (TPSA) is 101 Å². The van der Waals surface area contributed by atoms with E-state index in [9.17, 15) is 17.6 Å². The van der Waals surface area contributed by atoms with Crippen LogP contribution in [-0.4, -0.2) is 54.6 Å². The van der Waals surface area contributed by atoms with Gasteiger partial charge in [0.05, 0.1) is 16.1 Å². The molecule has 1 aromatic heterocycles. The van der Waals surface area contributed by atoms with Crippen LogP contribution in [0.4, 0.5) is 15.9 Å². The van der Waals surface area contributed by atoms with Crippen LogP contribution in [-0.2, 0) is 14.6 Å². The molecule has 2 aromatic rings. The van der Waals surface area contributed by atoms with Crippen LogP contribution in [0.3, 0.4) is 0 Å². The molecule has 168 valence electrons. The number of anilines is 2. The third kappa shape index (κ3) is 5.69. The van der Waals surface area contributed by atoms with E-state index in [1.807, 2.05) is 11.8 Å². The first-order valence-corrected chi connectivity index (χ1v) is 12.1. The second-order valence-corrected chi connectivity index (χ2v) is 9.65. The second kappa shape index (κ2) is 9.59. The molecule has 1 fully saturated rings. The molecule has 0 bridgehead atoms. The van der Waals surface area contributed by atoms with E-state index in [1.54, 1.807) is 6.92 Å². The molecule has 1 aliphatic rings. The number of ether oxygens (including phenoxy) is 1. The summed E-state index contributed by atoms with van der Waals surface area (Å²) in [5.41, 5.74) is 0.710. The van der Waals surface area contributed by atoms with E-state index >= 15 is 0 Å². The number of aromatic nitrogens is 2. The largest absolute Gasteiger partial charge is 0.474 e. The molecule has 8 nitrogen and oxygen atoms in total. The number of piperidine rings is 1. The van der Waals surface area contributed by atoms with Crippen molar-refractivity contribution in [2.24, 2.45) is 0 Å². The zero-order valence-corrected chi connectivity index (χ0v) is 18.7. The van der Waals surface area contributed by atoms with Crippen molar-refractivity contribution in [2.75, 3.05) is 24.7 Å². The smallest absolute Gasteiger partial charge is 0.222 e. The summed E-state index contributed by atoms with van der Waals surface area (Å²) in [6.45, 7) is 5.05. The van der Waals surface area contributed by atoms with Gasteiger partial charge in [-0.05, 0) is 31.5 Å². The molecule has 1 aromatic carbocycles. The molecule has 31 heavy (non-hydrogen) atoms. The standard InChI is InChI=1S/C21H27FN4O4S/c1-4-5-19(27)26-10-8-15(9-11-26)30-21-14(2)20(23-13-24-21)25-18-7-6-16(12-17(18)22)31(3,28)29/h6-7,12-13,15H,4-5,8-11H2,1-3H3,(H,23,24,25). The Bertz CT molecular complexity index is 1050. The Labute approximate surface area is 181 Å². The van der Waals surface area contributed by atoms with E-state index in [4.69, 9.17) is 4.74 Å². The number of hydrogen-bond donors (Lipinski definition) is 1. The van der Waals surface area contributed by atoms with Crippen LogP contribution in [0, 0.1) is 12.7 Å². The van der Waals surface area contributed by atoms with Gasteiger partial charge >= 0.3 is 0 Å². The lowest BCUT2D eigenvalue weighted by Gasteiger charge is -2.32. The van der Waals surface area contributed by atoms with E-state index in [-0.39, 0.29) is 22.6 Å². The molecular weight excluding hydrogens is 423 g/mol. The minimum atomic E-state index is -3.50. The van der Waals surface area contributed by atoms with Crippen molar-refractivity contribution in [3.05, 3.63) is 35.9 Å². The van der Waals surface area contributed by atoms with Gasteiger partial charge in [-0.25, -0.2) is 22.8 Å². The van der Waals surface area contributed by atoms with Gasteiger partial charge in [-0.15, -0.1) is 0 Å². The van der Waals surface area contributed by atoms with Gasteiger partial charge in [-0.2, -0.15) is 0 Å². The van der Waals surface area contributed by atoms with Crippen molar-refractivity contribution in [3.8, 4) is 5.88 Å². The zero-order chi connectivity index (χ0) is 22.6. The van der Waals surface area contributed by atoms with Crippen molar-refractivity contribution < 1.29 is 22.3 Å². The normalized spacial score (nSPS) is 15.0. The van der Waals surface area contributed by atoms with Crippen LogP contribution < -0.4 is 10.1 Å². The lowest BCUT2D eigenvalue weighted by Crippen LogP contribution is -2.41. The number of benzene rings is 1. The number of nitrogens with one attached hydrogen (secondary N) is 1. The lowest BCUT2D eigenvalue weighted by atomic mass is 10.1. The van der Waals surface area contributed by atoms with E-state index in [2.05, 4.69) is 15.3 Å². The highest BCUT2D eigenvalue weighted by molar-refractivity contribution is 7.90. The van der Waals surface area contributed by atoms with Crippen LogP contribution in [0.1, 0.15) is 38.2 Å². The Kier molecular flexibility index (Phi) is 7.09. The quantitative estimate of drug-likeness (QED) is 0.691. The van der Waals surface area contributed by atoms with Crippen LogP contribution in [0.25, 0.3) is 0 Å². The van der Waals surface area contributed by atoms with Crippen molar-refractivity contribution in [1.29, 1.82) is 0 Å². The first-order valence-electron chi connectivity index (χ1n) is 10.2. The molecule has 2 heterocycles. The monoisotopic (exact) mass is 450 g/mol. The molecule has 10 heteroatoms. The number of carbonyl (C=O) groups excluding carboxylic acids is 1. The highest BCUT2D eigenvalue weighted by Crippen LogP contribution is 2.28. The number of nitrogens with zero attached hydrogens (tertiary/aromatic N) is 3. The van der Waals surface area contributed by atoms with Gasteiger partial charge in [-0.3, -0.25) is 4.79 Å². The second-order valence-electron chi connectivity index (χ2n) is 7.64. The number of hydrogen-bond acceptors (Lipinski definition) is 7. The Hall–Kier alpha value is -2.75. The fourth-order valence-corrected chi connectivity index (χ4v) is 4.02. The predicted molar refractivity (Wildman–Crippen MR) is 115 cm³/mol. The summed E-state index contributed by atoms with van der Waals surface area (Å²) in [5, 5.41) is 2.88. The van der Waals surface area contributed by atoms with Crippen LogP contribution in [0.15, 0.2) is 29.4 Å². The molecule has 0 spiro atoms. The van der Waals surface area contributed by atoms with Gasteiger partial charge in [0.25, 0.3) is 0 Å². The third-order valence-corrected chi connectivity index (χ3v) is 6.31. The average molecular weight is 451 g/mol. The highest BCUT2D eigenvalue weighted by Gasteiger charge is 2.24. The minimum absolute atomic E-state index is 0.0714. The number of amides is 1. The fraction of sp³-hybridized carbons (Fsp3) is 0.476. The van der Waals surface area contributed by atoms with Crippen LogP contribution >= 0.6 is 0 Å². The van der Waals surface area contributed by atoms with Gasteiger partial charge in [-0.1, -0.05) is 6.92 Å². The molecule has 1 aliphatic heterocycles. The van der Waals surface area contributed by atoms with Gasteiger partial charge in [0, 0.05) is 38.6 Å². The highest BCUT2D eigenvalue weighted by atomic mass is 32.2. The summed E-state index contributed by atoms with van der Waals surface area (Å²) in [6, 6.07) is 3.67. The SMILES string of the molecule is CCCC(=O)N1CCC(Oc2ncnc(Nc3ccc(S(C)(=O)=O)cc3F)c2C)CC1. The number of rotatable bonds is 7. The van der Waals surface area contributed by atoms with Crippen LogP contribution in [0.5, 0.6) is 5.88 Å². The average Bonchev–Trinajstić information content (AvgIpc) is 2.72. The lowest BCUT2D eigenvalue weighted by molar-refractivity contribution is -0.133. The van der Waals surface area contributed by atoms with E-state index in [1.165, 1.54) is 18.5 Å². The summed E-state index contributed by atoms with van der Waals surface area (Å²) in [4.78, 5) is 22.2. The number of sulfone groups is 1. The summed E-state index contributed by atoms with van der Waals surface area (Å²) < 4.78 is 43.6. The van der Waals surface area contributed by atoms with Gasteiger partial charge in [0.2, 0.25) is 11.8 Å². The molecule has 0 unspecified atom stereocenters. The van der Waals surface area contributed by atoms with Gasteiger partial charge in [0.1, 0.15) is 24.1 Å². The van der Waals surface area contributed by atoms with Crippen molar-refractivity contribution >= 4 is 27.2 Å². The molecule has 1 N–H and O–H groups in total. The molecular formula is C21H27FN4O4S. The maximum Gasteiger partial charge on any atom is 0.222 e. The zero-order valence-electron chi connectivity index (χ0n) is 17.9. The Morgan fingerprint density at radius 3 is 2.61 bits per heavy atom. The third-order valence-electron chi connectivity index (χ3n) is 5.20. The Morgan fingerprint density at radius 1 is 1.29 bits per heavy atom. The minimum Gasteiger partial charge on any atom is -0.474 e. The Morgan fingerprint density at radius 2 is 2.00 bits per heavy atom. The number of halogens is 1. The summed E-state index contributed by atoms with van der Waals surface area (Å²) in [7, 11) is -3.50. The predicted octanol–water partition coefficient (Wildman–Crippen LogP) is 3.24. The maximum absolute atomic E-state index is 14.4. The first-order chi connectivity index (χ1) is 14.7. The molecule has 0 radical (unpaired) electrons. The van der Waals surface area contributed by atoms with E-state index in [0.717, 1.165) is 18.7 Å². The molecule has 0 saturated carbocycles. The van der Waals surface area contributed by atoms with Gasteiger partial charge < -0.3 is 15.0 Å². The summed E-state index contributed by atoms with van der Waals surface area (Å²) >= 11 is 0. The maximum atomic E-state index is 14.4. The van der Waals surface area contributed by atoms with Crippen LogP contribution in [0.2, 0.25) is 0 Å². The van der Waals surface area contributed by atoms with E-state index in [0.29, 0.717) is 49.6 Å². The van der Waals surface area contributed by atoms with Crippen molar-refractivity contribution in [2.45, 2.75) is 50.5 Å². The molecule has 1 saturated heterocycles. The summed E-state index contributed by atoms with van der Waals surface area (Å²) in [5.74, 6) is 0.234.